The van der Waals surface area contributed by atoms with Gasteiger partial charge in [0.05, 0.1) is 10.8 Å². The molecule has 0 saturated heterocycles. The monoisotopic (exact) mass is 966 g/mol. The second-order valence-electron chi connectivity index (χ2n) is 18.4. The number of rotatable bonds is 14. The smallest absolute Gasteiger partial charge is 0.148 e. The minimum absolute atomic E-state index is 0.132. The summed E-state index contributed by atoms with van der Waals surface area (Å²) in [6.07, 6.45) is 22.7. The summed E-state index contributed by atoms with van der Waals surface area (Å²) in [6, 6.07) is 72.0. The molecule has 0 fully saturated rings. The molecule has 0 unspecified atom stereocenters. The molecule has 5 nitrogen and oxygen atoms in total. The zero-order valence-corrected chi connectivity index (χ0v) is 40.8. The van der Waals surface area contributed by atoms with Gasteiger partial charge in [-0.25, -0.2) is 0 Å². The molecule has 10 aromatic carbocycles. The molecule has 0 atom stereocenters. The van der Waals surface area contributed by atoms with E-state index in [0.717, 1.165) is 88.3 Å². The van der Waals surface area contributed by atoms with E-state index >= 15 is 0 Å². The number of hydrogen-bond donors (Lipinski definition) is 0. The summed E-state index contributed by atoms with van der Waals surface area (Å²) >= 11 is 0. The second kappa shape index (κ2) is 19.2. The lowest BCUT2D eigenvalue weighted by Crippen LogP contribution is -2.29. The predicted octanol–water partition coefficient (Wildman–Crippen LogP) is 14.6. The summed E-state index contributed by atoms with van der Waals surface area (Å²) in [5.41, 5.74) is 12.0. The highest BCUT2D eigenvalue weighted by molar-refractivity contribution is 5.99. The van der Waals surface area contributed by atoms with Crippen molar-refractivity contribution in [3.63, 3.8) is 0 Å². The van der Waals surface area contributed by atoms with Crippen LogP contribution in [0.2, 0.25) is 0 Å². The SMILES string of the molecule is C#CCOc1ccc2c(OCC#C)ccc(C3(c4ccc(Oc5ccc(C6(c7ccc(OCC#C)c8ccc(OCC#C)cc78)c7ccccc7-c7ccccc76)cc5)cc4)c4ccccc4-c4ccccc43)c2c1. The summed E-state index contributed by atoms with van der Waals surface area (Å²) in [6.45, 7) is 0.538. The van der Waals surface area contributed by atoms with Crippen LogP contribution in [0.5, 0.6) is 34.5 Å². The lowest BCUT2D eigenvalue weighted by Gasteiger charge is -2.35. The predicted molar refractivity (Wildman–Crippen MR) is 300 cm³/mol. The Morgan fingerprint density at radius 3 is 0.960 bits per heavy atom. The molecule has 0 bridgehead atoms. The van der Waals surface area contributed by atoms with E-state index in [2.05, 4.69) is 194 Å². The van der Waals surface area contributed by atoms with Gasteiger partial charge in [-0.05, 0) is 150 Å². The van der Waals surface area contributed by atoms with Crippen molar-refractivity contribution < 1.29 is 23.7 Å². The van der Waals surface area contributed by atoms with Gasteiger partial charge < -0.3 is 23.7 Å². The molecule has 0 heterocycles. The maximum absolute atomic E-state index is 6.79. The highest BCUT2D eigenvalue weighted by Gasteiger charge is 2.48. The molecule has 0 radical (unpaired) electrons. The van der Waals surface area contributed by atoms with Crippen LogP contribution in [0.15, 0.2) is 206 Å². The van der Waals surface area contributed by atoms with Crippen LogP contribution in [0, 0.1) is 49.4 Å². The van der Waals surface area contributed by atoms with Crippen LogP contribution in [0.3, 0.4) is 0 Å². The fraction of sp³-hybridized carbons (Fsp3) is 0.0857. The highest BCUT2D eigenvalue weighted by Crippen LogP contribution is 2.60. The summed E-state index contributed by atoms with van der Waals surface area (Å²) in [4.78, 5) is 0. The molecule has 0 amide bonds. The third-order valence-electron chi connectivity index (χ3n) is 14.7. The third kappa shape index (κ3) is 7.42. The molecule has 5 heteroatoms. The third-order valence-corrected chi connectivity index (χ3v) is 14.7. The van der Waals surface area contributed by atoms with Crippen molar-refractivity contribution >= 4 is 21.5 Å². The van der Waals surface area contributed by atoms with Gasteiger partial charge in [0, 0.05) is 10.8 Å². The van der Waals surface area contributed by atoms with E-state index in [0.29, 0.717) is 34.5 Å². The molecule has 356 valence electrons. The fourth-order valence-corrected chi connectivity index (χ4v) is 11.8. The van der Waals surface area contributed by atoms with Crippen molar-refractivity contribution in [3.8, 4) is 106 Å². The Kier molecular flexibility index (Phi) is 11.8. The van der Waals surface area contributed by atoms with Crippen molar-refractivity contribution in [2.24, 2.45) is 0 Å². The van der Waals surface area contributed by atoms with Crippen molar-refractivity contribution in [3.05, 3.63) is 251 Å². The normalized spacial score (nSPS) is 12.9. The van der Waals surface area contributed by atoms with E-state index in [1.54, 1.807) is 0 Å². The quantitative estimate of drug-likeness (QED) is 0.102. The lowest BCUT2D eigenvalue weighted by atomic mass is 9.66. The van der Waals surface area contributed by atoms with E-state index in [1.165, 1.54) is 0 Å². The maximum Gasteiger partial charge on any atom is 0.148 e. The van der Waals surface area contributed by atoms with E-state index in [4.69, 9.17) is 49.4 Å². The molecule has 0 aliphatic heterocycles. The minimum Gasteiger partial charge on any atom is -0.481 e. The van der Waals surface area contributed by atoms with E-state index in [-0.39, 0.29) is 26.4 Å². The number of fused-ring (bicyclic) bond motifs is 8. The topological polar surface area (TPSA) is 46.2 Å². The highest BCUT2D eigenvalue weighted by atomic mass is 16.5. The van der Waals surface area contributed by atoms with Crippen LogP contribution in [-0.4, -0.2) is 26.4 Å². The first-order valence-corrected chi connectivity index (χ1v) is 24.7. The van der Waals surface area contributed by atoms with Crippen molar-refractivity contribution in [1.82, 2.24) is 0 Å². The zero-order chi connectivity index (χ0) is 50.9. The lowest BCUT2D eigenvalue weighted by molar-refractivity contribution is 0.369. The Hall–Kier alpha value is -10.0. The summed E-state index contributed by atoms with van der Waals surface area (Å²) in [5.74, 6) is 14.5. The van der Waals surface area contributed by atoms with Crippen molar-refractivity contribution in [2.75, 3.05) is 26.4 Å². The molecule has 75 heavy (non-hydrogen) atoms. The van der Waals surface area contributed by atoms with Gasteiger partial charge >= 0.3 is 0 Å². The van der Waals surface area contributed by atoms with Crippen molar-refractivity contribution in [1.29, 1.82) is 0 Å². The Morgan fingerprint density at radius 2 is 0.613 bits per heavy atom. The molecule has 2 aliphatic carbocycles. The first kappa shape index (κ1) is 46.1. The van der Waals surface area contributed by atoms with E-state index in [9.17, 15) is 0 Å². The molecule has 0 saturated carbocycles. The Morgan fingerprint density at radius 1 is 0.293 bits per heavy atom. The Labute approximate surface area is 437 Å². The average molecular weight is 967 g/mol. The number of ether oxygens (including phenoxy) is 5. The summed E-state index contributed by atoms with van der Waals surface area (Å²) < 4.78 is 31.2. The van der Waals surface area contributed by atoms with Gasteiger partial charge in [-0.2, -0.15) is 0 Å². The minimum atomic E-state index is -0.757. The summed E-state index contributed by atoms with van der Waals surface area (Å²) in [5, 5.41) is 3.72. The van der Waals surface area contributed by atoms with Gasteiger partial charge in [0.25, 0.3) is 0 Å². The second-order valence-corrected chi connectivity index (χ2v) is 18.4. The maximum atomic E-state index is 6.79. The van der Waals surface area contributed by atoms with Crippen LogP contribution in [0.25, 0.3) is 43.8 Å². The average Bonchev–Trinajstić information content (AvgIpc) is 3.96. The number of terminal acetylenes is 4. The summed E-state index contributed by atoms with van der Waals surface area (Å²) in [7, 11) is 0. The van der Waals surface area contributed by atoms with Gasteiger partial charge in [-0.15, -0.1) is 25.7 Å². The van der Waals surface area contributed by atoms with Crippen LogP contribution >= 0.6 is 0 Å². The number of benzene rings is 10. The van der Waals surface area contributed by atoms with Crippen LogP contribution in [0.1, 0.15) is 44.5 Å². The van der Waals surface area contributed by atoms with E-state index < -0.39 is 10.8 Å². The molecule has 0 aromatic heterocycles. The first-order valence-electron chi connectivity index (χ1n) is 24.7. The van der Waals surface area contributed by atoms with Gasteiger partial charge in [0.2, 0.25) is 0 Å². The Bertz CT molecular complexity index is 3690. The van der Waals surface area contributed by atoms with Crippen LogP contribution in [0.4, 0.5) is 0 Å². The zero-order valence-electron chi connectivity index (χ0n) is 40.8. The van der Waals surface area contributed by atoms with Crippen molar-refractivity contribution in [2.45, 2.75) is 10.8 Å². The molecule has 0 spiro atoms. The van der Waals surface area contributed by atoms with Gasteiger partial charge in [-0.1, -0.05) is 157 Å². The van der Waals surface area contributed by atoms with E-state index in [1.807, 2.05) is 36.4 Å². The van der Waals surface area contributed by atoms with Gasteiger partial charge in [0.1, 0.15) is 60.9 Å². The molecule has 12 rings (SSSR count). The number of hydrogen-bond acceptors (Lipinski definition) is 5. The van der Waals surface area contributed by atoms with Crippen LogP contribution < -0.4 is 23.7 Å². The standard InChI is InChI=1S/C70H46O5/c1-5-41-71-51-33-35-57-59(45-51)65(37-39-67(57)73-43-7-3)69(61-21-13-9-17-53(61)54-18-10-14-22-62(54)69)47-25-29-49(30-26-47)75-50-31-27-48(28-32-50)70(63-23-15-11-19-55(63)56-20-12-16-24-64(56)70)66-38-40-68(74-44-8-4)58-36-34-52(46-60(58)66)72-42-6-2/h1-4,9-40,45-46H,41-44H2. The van der Waals surface area contributed by atoms with Crippen LogP contribution in [-0.2, 0) is 10.8 Å². The fourth-order valence-electron chi connectivity index (χ4n) is 11.8. The van der Waals surface area contributed by atoms with Gasteiger partial charge in [0.15, 0.2) is 0 Å². The first-order chi connectivity index (χ1) is 37.0. The Balaban J connectivity index is 0.979. The molecule has 0 N–H and O–H groups in total. The molecule has 10 aromatic rings. The van der Waals surface area contributed by atoms with Gasteiger partial charge in [-0.3, -0.25) is 0 Å². The largest absolute Gasteiger partial charge is 0.481 e. The molecular formula is C70H46O5. The molecular weight excluding hydrogens is 921 g/mol. The molecule has 2 aliphatic rings.